The van der Waals surface area contributed by atoms with Gasteiger partial charge in [0, 0.05) is 13.1 Å². The van der Waals surface area contributed by atoms with E-state index in [9.17, 15) is 0 Å². The van der Waals surface area contributed by atoms with E-state index in [1.165, 1.54) is 0 Å². The van der Waals surface area contributed by atoms with Crippen LogP contribution >= 0.6 is 15.9 Å². The van der Waals surface area contributed by atoms with Crippen molar-refractivity contribution in [2.45, 2.75) is 0 Å². The van der Waals surface area contributed by atoms with E-state index in [1.54, 1.807) is 10.7 Å². The van der Waals surface area contributed by atoms with Gasteiger partial charge in [0.25, 0.3) is 0 Å². The number of hydrogen-bond donors (Lipinski definition) is 2. The summed E-state index contributed by atoms with van der Waals surface area (Å²) in [6.45, 7) is 1.30. The zero-order chi connectivity index (χ0) is 9.97. The highest BCUT2D eigenvalue weighted by molar-refractivity contribution is 9.10. The van der Waals surface area contributed by atoms with Crippen LogP contribution in [0.3, 0.4) is 0 Å². The smallest absolute Gasteiger partial charge is 0.154 e. The van der Waals surface area contributed by atoms with Crippen molar-refractivity contribution in [2.75, 3.05) is 18.4 Å². The van der Waals surface area contributed by atoms with Gasteiger partial charge in [-0.2, -0.15) is 0 Å². The lowest BCUT2D eigenvalue weighted by atomic mass is 10.5. The first-order valence-electron chi connectivity index (χ1n) is 4.25. The van der Waals surface area contributed by atoms with Crippen molar-refractivity contribution in [3.05, 3.63) is 22.9 Å². The molecule has 0 saturated carbocycles. The van der Waals surface area contributed by atoms with Crippen LogP contribution in [0, 0.1) is 0 Å². The predicted octanol–water partition coefficient (Wildman–Crippen LogP) is 0.862. The number of anilines is 1. The molecule has 2 heterocycles. The first-order chi connectivity index (χ1) is 6.81. The van der Waals surface area contributed by atoms with Gasteiger partial charge in [-0.1, -0.05) is 0 Å². The summed E-state index contributed by atoms with van der Waals surface area (Å²) in [5, 5.41) is 7.41. The summed E-state index contributed by atoms with van der Waals surface area (Å²) < 4.78 is 2.56. The van der Waals surface area contributed by atoms with Gasteiger partial charge in [-0.25, -0.2) is 9.50 Å². The Morgan fingerprint density at radius 3 is 3.14 bits per heavy atom. The fraction of sp³-hybridized carbons (Fsp3) is 0.250. The van der Waals surface area contributed by atoms with E-state index in [0.717, 1.165) is 16.1 Å². The number of imidazole rings is 1. The number of nitrogens with two attached hydrogens (primary N) is 1. The molecule has 14 heavy (non-hydrogen) atoms. The van der Waals surface area contributed by atoms with E-state index in [2.05, 4.69) is 31.3 Å². The standard InChI is InChI=1S/C8H10BrN5/c9-6-5-12-8-2-1-7(11-4-3-10)13-14(6)8/h1-2,5H,3-4,10H2,(H,11,13). The Hall–Kier alpha value is -1.14. The van der Waals surface area contributed by atoms with Gasteiger partial charge in [0.05, 0.1) is 6.20 Å². The van der Waals surface area contributed by atoms with Gasteiger partial charge < -0.3 is 11.1 Å². The van der Waals surface area contributed by atoms with Gasteiger partial charge in [0.15, 0.2) is 5.65 Å². The van der Waals surface area contributed by atoms with Crippen molar-refractivity contribution < 1.29 is 0 Å². The Morgan fingerprint density at radius 1 is 1.50 bits per heavy atom. The molecule has 0 aliphatic rings. The Morgan fingerprint density at radius 2 is 2.36 bits per heavy atom. The van der Waals surface area contributed by atoms with Crippen LogP contribution in [0.5, 0.6) is 0 Å². The van der Waals surface area contributed by atoms with Crippen molar-refractivity contribution in [3.8, 4) is 0 Å². The molecule has 0 radical (unpaired) electrons. The summed E-state index contributed by atoms with van der Waals surface area (Å²) in [7, 11) is 0. The maximum absolute atomic E-state index is 5.38. The monoisotopic (exact) mass is 255 g/mol. The fourth-order valence-electron chi connectivity index (χ4n) is 1.14. The molecule has 0 aliphatic carbocycles. The Kier molecular flexibility index (Phi) is 2.64. The molecule has 0 unspecified atom stereocenters. The molecule has 0 aliphatic heterocycles. The predicted molar refractivity (Wildman–Crippen MR) is 58.2 cm³/mol. The zero-order valence-electron chi connectivity index (χ0n) is 7.44. The second-order valence-electron chi connectivity index (χ2n) is 2.78. The Labute approximate surface area is 89.4 Å². The van der Waals surface area contributed by atoms with Crippen LogP contribution in [0.25, 0.3) is 5.65 Å². The van der Waals surface area contributed by atoms with Gasteiger partial charge in [-0.05, 0) is 28.1 Å². The summed E-state index contributed by atoms with van der Waals surface area (Å²) in [5.41, 5.74) is 6.20. The molecule has 0 aromatic carbocycles. The van der Waals surface area contributed by atoms with E-state index in [-0.39, 0.29) is 0 Å². The molecule has 2 aromatic heterocycles. The molecule has 0 bridgehead atoms. The summed E-state index contributed by atoms with van der Waals surface area (Å²) in [5.74, 6) is 0.793. The first kappa shape index (κ1) is 9.42. The van der Waals surface area contributed by atoms with Crippen LogP contribution < -0.4 is 11.1 Å². The molecule has 3 N–H and O–H groups in total. The molecule has 0 atom stereocenters. The Bertz CT molecular complexity index is 438. The maximum Gasteiger partial charge on any atom is 0.154 e. The van der Waals surface area contributed by atoms with Crippen LogP contribution in [-0.2, 0) is 0 Å². The molecule has 0 fully saturated rings. The van der Waals surface area contributed by atoms with E-state index < -0.39 is 0 Å². The van der Waals surface area contributed by atoms with Gasteiger partial charge in [-0.15, -0.1) is 5.10 Å². The summed E-state index contributed by atoms with van der Waals surface area (Å²) >= 11 is 3.35. The second kappa shape index (κ2) is 3.93. The van der Waals surface area contributed by atoms with Crippen LogP contribution in [0.15, 0.2) is 22.9 Å². The minimum atomic E-state index is 0.588. The lowest BCUT2D eigenvalue weighted by molar-refractivity contribution is 0.902. The number of nitrogens with zero attached hydrogens (tertiary/aromatic N) is 3. The number of halogens is 1. The lowest BCUT2D eigenvalue weighted by Gasteiger charge is -2.03. The minimum Gasteiger partial charge on any atom is -0.367 e. The molecule has 74 valence electrons. The number of fused-ring (bicyclic) bond motifs is 1. The van der Waals surface area contributed by atoms with Crippen LogP contribution in [0.1, 0.15) is 0 Å². The van der Waals surface area contributed by atoms with E-state index in [4.69, 9.17) is 5.73 Å². The molecular formula is C8H10BrN5. The third kappa shape index (κ3) is 1.71. The quantitative estimate of drug-likeness (QED) is 0.854. The van der Waals surface area contributed by atoms with Crippen LogP contribution in [0.4, 0.5) is 5.82 Å². The van der Waals surface area contributed by atoms with Gasteiger partial charge >= 0.3 is 0 Å². The fourth-order valence-corrected chi connectivity index (χ4v) is 1.50. The van der Waals surface area contributed by atoms with Crippen molar-refractivity contribution in [2.24, 2.45) is 5.73 Å². The van der Waals surface area contributed by atoms with Crippen molar-refractivity contribution in [3.63, 3.8) is 0 Å². The van der Waals surface area contributed by atoms with Crippen molar-refractivity contribution in [1.29, 1.82) is 0 Å². The average molecular weight is 256 g/mol. The highest BCUT2D eigenvalue weighted by Gasteiger charge is 2.01. The summed E-state index contributed by atoms with van der Waals surface area (Å²) in [6.07, 6.45) is 1.72. The van der Waals surface area contributed by atoms with E-state index >= 15 is 0 Å². The third-order valence-corrected chi connectivity index (χ3v) is 2.31. The number of aromatic nitrogens is 3. The van der Waals surface area contributed by atoms with Crippen molar-refractivity contribution >= 4 is 27.4 Å². The molecule has 0 saturated heterocycles. The maximum atomic E-state index is 5.38. The highest BCUT2D eigenvalue weighted by Crippen LogP contribution is 2.12. The van der Waals surface area contributed by atoms with Crippen LogP contribution in [0.2, 0.25) is 0 Å². The van der Waals surface area contributed by atoms with Crippen LogP contribution in [-0.4, -0.2) is 27.7 Å². The number of nitrogens with one attached hydrogen (secondary N) is 1. The topological polar surface area (TPSA) is 68.2 Å². The molecule has 2 aromatic rings. The number of hydrogen-bond acceptors (Lipinski definition) is 4. The lowest BCUT2D eigenvalue weighted by Crippen LogP contribution is -2.14. The first-order valence-corrected chi connectivity index (χ1v) is 5.05. The molecule has 0 spiro atoms. The molecule has 2 rings (SSSR count). The van der Waals surface area contributed by atoms with Crippen molar-refractivity contribution in [1.82, 2.24) is 14.6 Å². The molecule has 0 amide bonds. The summed E-state index contributed by atoms with van der Waals surface area (Å²) in [4.78, 5) is 4.14. The molecule has 6 heteroatoms. The van der Waals surface area contributed by atoms with E-state index in [0.29, 0.717) is 13.1 Å². The van der Waals surface area contributed by atoms with Gasteiger partial charge in [0.1, 0.15) is 10.4 Å². The SMILES string of the molecule is NCCNc1ccc2ncc(Br)n2n1. The second-order valence-corrected chi connectivity index (χ2v) is 3.60. The molecule has 5 nitrogen and oxygen atoms in total. The largest absolute Gasteiger partial charge is 0.367 e. The van der Waals surface area contributed by atoms with Gasteiger partial charge in [-0.3, -0.25) is 0 Å². The zero-order valence-corrected chi connectivity index (χ0v) is 9.03. The summed E-state index contributed by atoms with van der Waals surface area (Å²) in [6, 6.07) is 3.78. The third-order valence-electron chi connectivity index (χ3n) is 1.77. The van der Waals surface area contributed by atoms with E-state index in [1.807, 2.05) is 12.1 Å². The van der Waals surface area contributed by atoms with Gasteiger partial charge in [0.2, 0.25) is 0 Å². The Balaban J connectivity index is 2.34. The molecular weight excluding hydrogens is 246 g/mol. The highest BCUT2D eigenvalue weighted by atomic mass is 79.9. The normalized spacial score (nSPS) is 10.7. The minimum absolute atomic E-state index is 0.588. The number of rotatable bonds is 3. The average Bonchev–Trinajstić information content (AvgIpc) is 2.57.